The average Bonchev–Trinajstić information content (AvgIpc) is 2.91. The van der Waals surface area contributed by atoms with Crippen LogP contribution in [0.2, 0.25) is 0 Å². The molecule has 0 amide bonds. The summed E-state index contributed by atoms with van der Waals surface area (Å²) in [5.74, 6) is 0.427. The van der Waals surface area contributed by atoms with Crippen LogP contribution >= 0.6 is 0 Å². The van der Waals surface area contributed by atoms with Crippen LogP contribution in [0.4, 0.5) is 0 Å². The Kier molecular flexibility index (Phi) is 4.73. The summed E-state index contributed by atoms with van der Waals surface area (Å²) in [4.78, 5) is 12.0. The van der Waals surface area contributed by atoms with E-state index in [-0.39, 0.29) is 11.4 Å². The summed E-state index contributed by atoms with van der Waals surface area (Å²) in [6, 6.07) is 16.8. The van der Waals surface area contributed by atoms with Gasteiger partial charge in [0.25, 0.3) is 0 Å². The van der Waals surface area contributed by atoms with Crippen LogP contribution in [0.3, 0.4) is 0 Å². The van der Waals surface area contributed by atoms with Gasteiger partial charge in [0.05, 0.1) is 5.41 Å². The molecular formula is C23H28O2. The zero-order valence-electron chi connectivity index (χ0n) is 15.8. The lowest BCUT2D eigenvalue weighted by Gasteiger charge is -2.25. The number of esters is 1. The quantitative estimate of drug-likeness (QED) is 0.546. The highest BCUT2D eigenvalue weighted by atomic mass is 16.5. The smallest absolute Gasteiger partial charge is 0.316 e. The van der Waals surface area contributed by atoms with E-state index in [1.165, 1.54) is 29.5 Å². The average molecular weight is 336 g/mol. The van der Waals surface area contributed by atoms with Crippen LogP contribution in [0.5, 0.6) is 5.75 Å². The highest BCUT2D eigenvalue weighted by molar-refractivity contribution is 5.77. The highest BCUT2D eigenvalue weighted by Gasteiger charge is 2.33. The molecule has 0 N–H and O–H groups in total. The zero-order valence-corrected chi connectivity index (χ0v) is 15.8. The second-order valence-electron chi connectivity index (χ2n) is 8.50. The van der Waals surface area contributed by atoms with Crippen LogP contribution in [0.15, 0.2) is 48.5 Å². The fourth-order valence-electron chi connectivity index (χ4n) is 3.54. The molecule has 2 nitrogen and oxygen atoms in total. The van der Waals surface area contributed by atoms with Gasteiger partial charge in [0.2, 0.25) is 0 Å². The van der Waals surface area contributed by atoms with Crippen molar-refractivity contribution in [2.45, 2.75) is 58.8 Å². The van der Waals surface area contributed by atoms with E-state index in [0.717, 1.165) is 12.8 Å². The maximum Gasteiger partial charge on any atom is 0.316 e. The second-order valence-corrected chi connectivity index (χ2v) is 8.50. The van der Waals surface area contributed by atoms with Gasteiger partial charge in [-0.3, -0.25) is 4.79 Å². The maximum absolute atomic E-state index is 12.0. The summed E-state index contributed by atoms with van der Waals surface area (Å²) < 4.78 is 5.44. The lowest BCUT2D eigenvalue weighted by molar-refractivity contribution is -0.142. The first-order valence-electron chi connectivity index (χ1n) is 9.18. The van der Waals surface area contributed by atoms with Crippen LogP contribution in [0.25, 0.3) is 0 Å². The van der Waals surface area contributed by atoms with Crippen molar-refractivity contribution >= 4 is 5.97 Å². The van der Waals surface area contributed by atoms with Gasteiger partial charge < -0.3 is 4.74 Å². The van der Waals surface area contributed by atoms with Gasteiger partial charge in [0.15, 0.2) is 0 Å². The number of hydrogen-bond acceptors (Lipinski definition) is 2. The van der Waals surface area contributed by atoms with Crippen molar-refractivity contribution in [2.24, 2.45) is 5.41 Å². The van der Waals surface area contributed by atoms with Gasteiger partial charge in [-0.25, -0.2) is 0 Å². The van der Waals surface area contributed by atoms with Crippen LogP contribution in [-0.4, -0.2) is 5.97 Å². The topological polar surface area (TPSA) is 26.3 Å². The molecule has 0 spiro atoms. The highest BCUT2D eigenvalue weighted by Crippen LogP contribution is 2.41. The van der Waals surface area contributed by atoms with Gasteiger partial charge in [-0.05, 0) is 80.7 Å². The molecule has 3 rings (SSSR count). The van der Waals surface area contributed by atoms with Crippen molar-refractivity contribution in [1.29, 1.82) is 0 Å². The molecule has 2 heteroatoms. The lowest BCUT2D eigenvalue weighted by atomic mass is 9.79. The van der Waals surface area contributed by atoms with Crippen molar-refractivity contribution in [3.05, 3.63) is 65.2 Å². The van der Waals surface area contributed by atoms with Gasteiger partial charge in [-0.1, -0.05) is 43.3 Å². The number of aryl methyl sites for hydroxylation is 2. The molecule has 0 fully saturated rings. The van der Waals surface area contributed by atoms with Crippen LogP contribution < -0.4 is 4.74 Å². The molecule has 2 aromatic carbocycles. The van der Waals surface area contributed by atoms with Crippen molar-refractivity contribution in [3.8, 4) is 5.75 Å². The molecule has 0 aliphatic heterocycles. The molecule has 0 unspecified atom stereocenters. The summed E-state index contributed by atoms with van der Waals surface area (Å²) >= 11 is 0. The Morgan fingerprint density at radius 3 is 2.44 bits per heavy atom. The predicted molar refractivity (Wildman–Crippen MR) is 102 cm³/mol. The third kappa shape index (κ3) is 3.95. The van der Waals surface area contributed by atoms with Crippen LogP contribution in [-0.2, 0) is 23.1 Å². The molecule has 1 atom stereocenters. The van der Waals surface area contributed by atoms with Gasteiger partial charge in [0.1, 0.15) is 5.75 Å². The van der Waals surface area contributed by atoms with Gasteiger partial charge in [-0.2, -0.15) is 0 Å². The Bertz CT molecular complexity index is 752. The van der Waals surface area contributed by atoms with E-state index in [2.05, 4.69) is 43.3 Å². The van der Waals surface area contributed by atoms with Gasteiger partial charge in [0, 0.05) is 0 Å². The Hall–Kier alpha value is -2.09. The first-order valence-corrected chi connectivity index (χ1v) is 9.18. The number of carbonyl (C=O) groups excluding carboxylic acids is 1. The molecule has 132 valence electrons. The first-order chi connectivity index (χ1) is 11.8. The first kappa shape index (κ1) is 17.7. The molecule has 2 aromatic rings. The molecule has 0 heterocycles. The number of hydrogen-bond donors (Lipinski definition) is 0. The molecular weight excluding hydrogens is 308 g/mol. The van der Waals surface area contributed by atoms with E-state index in [9.17, 15) is 4.79 Å². The van der Waals surface area contributed by atoms with Gasteiger partial charge >= 0.3 is 5.97 Å². The van der Waals surface area contributed by atoms with E-state index in [1.54, 1.807) is 0 Å². The summed E-state index contributed by atoms with van der Waals surface area (Å²) in [6.45, 7) is 7.98. The standard InChI is InChI=1S/C23H28O2/c1-22(2,3)21(24)25-19-11-9-17(10-12-19)13-15-23(4)16-14-18-7-5-6-8-20(18)23/h5-12H,13-16H2,1-4H3/t23-/m0/s1. The lowest BCUT2D eigenvalue weighted by Crippen LogP contribution is -2.25. The molecule has 1 aliphatic rings. The monoisotopic (exact) mass is 336 g/mol. The number of ether oxygens (including phenoxy) is 1. The number of fused-ring (bicyclic) bond motifs is 1. The Balaban J connectivity index is 1.62. The Morgan fingerprint density at radius 1 is 1.08 bits per heavy atom. The van der Waals surface area contributed by atoms with E-state index >= 15 is 0 Å². The molecule has 25 heavy (non-hydrogen) atoms. The minimum Gasteiger partial charge on any atom is -0.426 e. The number of benzene rings is 2. The summed E-state index contributed by atoms with van der Waals surface area (Å²) in [5, 5.41) is 0. The largest absolute Gasteiger partial charge is 0.426 e. The number of carbonyl (C=O) groups is 1. The SMILES string of the molecule is CC(C)(C)C(=O)Oc1ccc(CC[C@@]2(C)CCc3ccccc32)cc1. The van der Waals surface area contributed by atoms with Crippen molar-refractivity contribution in [3.63, 3.8) is 0 Å². The summed E-state index contributed by atoms with van der Waals surface area (Å²) in [6.07, 6.45) is 4.60. The Labute approximate surface area is 151 Å². The molecule has 0 bridgehead atoms. The van der Waals surface area contributed by atoms with E-state index in [1.807, 2.05) is 32.9 Å². The molecule has 0 radical (unpaired) electrons. The van der Waals surface area contributed by atoms with E-state index in [0.29, 0.717) is 5.75 Å². The minimum atomic E-state index is -0.483. The third-order valence-corrected chi connectivity index (χ3v) is 5.33. The third-order valence-electron chi connectivity index (χ3n) is 5.33. The maximum atomic E-state index is 12.0. The normalized spacial score (nSPS) is 19.5. The fourth-order valence-corrected chi connectivity index (χ4v) is 3.54. The second kappa shape index (κ2) is 6.67. The van der Waals surface area contributed by atoms with E-state index < -0.39 is 5.41 Å². The minimum absolute atomic E-state index is 0.199. The van der Waals surface area contributed by atoms with Gasteiger partial charge in [-0.15, -0.1) is 0 Å². The van der Waals surface area contributed by atoms with Crippen LogP contribution in [0.1, 0.15) is 57.2 Å². The van der Waals surface area contributed by atoms with Crippen molar-refractivity contribution in [2.75, 3.05) is 0 Å². The summed E-state index contributed by atoms with van der Waals surface area (Å²) in [5.41, 5.74) is 4.11. The van der Waals surface area contributed by atoms with Crippen molar-refractivity contribution < 1.29 is 9.53 Å². The van der Waals surface area contributed by atoms with Crippen LogP contribution in [0, 0.1) is 5.41 Å². The van der Waals surface area contributed by atoms with Crippen molar-refractivity contribution in [1.82, 2.24) is 0 Å². The number of rotatable bonds is 4. The zero-order chi connectivity index (χ0) is 18.1. The fraction of sp³-hybridized carbons (Fsp3) is 0.435. The molecule has 1 aliphatic carbocycles. The Morgan fingerprint density at radius 2 is 1.76 bits per heavy atom. The molecule has 0 saturated heterocycles. The summed E-state index contributed by atoms with van der Waals surface area (Å²) in [7, 11) is 0. The molecule has 0 aromatic heterocycles. The molecule has 0 saturated carbocycles. The van der Waals surface area contributed by atoms with E-state index in [4.69, 9.17) is 4.74 Å². The predicted octanol–water partition coefficient (Wildman–Crippen LogP) is 5.47.